The standard InChI is InChI=1S/C14H27N3O/c1-6-17-12(7-11(2)16-17)9-15-10-13(18)8-14(3,4)5/h7,13,15,18H,6,8-10H2,1-5H3. The number of rotatable bonds is 6. The molecular formula is C14H27N3O. The topological polar surface area (TPSA) is 50.1 Å². The molecule has 104 valence electrons. The summed E-state index contributed by atoms with van der Waals surface area (Å²) in [6, 6.07) is 2.09. The number of aryl methyl sites for hydroxylation is 2. The van der Waals surface area contributed by atoms with Crippen molar-refractivity contribution in [3.63, 3.8) is 0 Å². The Morgan fingerprint density at radius 3 is 2.67 bits per heavy atom. The second-order valence-corrected chi connectivity index (χ2v) is 6.14. The zero-order valence-corrected chi connectivity index (χ0v) is 12.3. The number of hydrogen-bond acceptors (Lipinski definition) is 3. The molecule has 1 rings (SSSR count). The molecule has 4 heteroatoms. The Morgan fingerprint density at radius 2 is 2.11 bits per heavy atom. The molecule has 0 fully saturated rings. The van der Waals surface area contributed by atoms with Gasteiger partial charge in [0.15, 0.2) is 0 Å². The van der Waals surface area contributed by atoms with Gasteiger partial charge in [-0.05, 0) is 31.7 Å². The Morgan fingerprint density at radius 1 is 1.44 bits per heavy atom. The van der Waals surface area contributed by atoms with Gasteiger partial charge in [0.25, 0.3) is 0 Å². The lowest BCUT2D eigenvalue weighted by atomic mass is 9.89. The molecule has 0 aliphatic carbocycles. The number of nitrogens with zero attached hydrogens (tertiary/aromatic N) is 2. The van der Waals surface area contributed by atoms with Crippen LogP contribution in [0.4, 0.5) is 0 Å². The van der Waals surface area contributed by atoms with Crippen LogP contribution in [0, 0.1) is 12.3 Å². The van der Waals surface area contributed by atoms with Crippen LogP contribution < -0.4 is 5.32 Å². The summed E-state index contributed by atoms with van der Waals surface area (Å²) >= 11 is 0. The summed E-state index contributed by atoms with van der Waals surface area (Å²) < 4.78 is 2.00. The number of nitrogens with one attached hydrogen (secondary N) is 1. The van der Waals surface area contributed by atoms with Crippen LogP contribution >= 0.6 is 0 Å². The Hall–Kier alpha value is -0.870. The van der Waals surface area contributed by atoms with Gasteiger partial charge in [0.2, 0.25) is 0 Å². The van der Waals surface area contributed by atoms with Gasteiger partial charge < -0.3 is 10.4 Å². The zero-order chi connectivity index (χ0) is 13.8. The molecule has 0 bridgehead atoms. The normalized spacial score (nSPS) is 13.9. The maximum Gasteiger partial charge on any atom is 0.0669 e. The first-order valence-electron chi connectivity index (χ1n) is 6.74. The average Bonchev–Trinajstić information content (AvgIpc) is 2.56. The minimum absolute atomic E-state index is 0.170. The molecule has 0 saturated heterocycles. The summed E-state index contributed by atoms with van der Waals surface area (Å²) in [6.07, 6.45) is 0.524. The first-order chi connectivity index (χ1) is 8.31. The summed E-state index contributed by atoms with van der Waals surface area (Å²) in [6.45, 7) is 12.8. The molecular weight excluding hydrogens is 226 g/mol. The number of aromatic nitrogens is 2. The highest BCUT2D eigenvalue weighted by molar-refractivity contribution is 5.08. The van der Waals surface area contributed by atoms with E-state index in [2.05, 4.69) is 44.2 Å². The summed E-state index contributed by atoms with van der Waals surface area (Å²) in [5.41, 5.74) is 2.39. The van der Waals surface area contributed by atoms with E-state index in [9.17, 15) is 5.11 Å². The maximum absolute atomic E-state index is 9.91. The van der Waals surface area contributed by atoms with Crippen molar-refractivity contribution in [3.8, 4) is 0 Å². The Balaban J connectivity index is 2.37. The third kappa shape index (κ3) is 5.19. The Bertz CT molecular complexity index is 366. The minimum atomic E-state index is -0.288. The molecule has 1 aromatic rings. The first kappa shape index (κ1) is 15.2. The number of aliphatic hydroxyl groups excluding tert-OH is 1. The monoisotopic (exact) mass is 253 g/mol. The molecule has 1 aromatic heterocycles. The lowest BCUT2D eigenvalue weighted by molar-refractivity contribution is 0.119. The molecule has 1 atom stereocenters. The molecule has 0 aromatic carbocycles. The quantitative estimate of drug-likeness (QED) is 0.816. The van der Waals surface area contributed by atoms with E-state index in [1.165, 1.54) is 5.69 Å². The van der Waals surface area contributed by atoms with Gasteiger partial charge in [-0.25, -0.2) is 0 Å². The second kappa shape index (κ2) is 6.34. The Labute approximate surface area is 110 Å². The molecule has 0 radical (unpaired) electrons. The van der Waals surface area contributed by atoms with E-state index in [1.54, 1.807) is 0 Å². The van der Waals surface area contributed by atoms with Crippen LogP contribution in [0.15, 0.2) is 6.07 Å². The van der Waals surface area contributed by atoms with Crippen LogP contribution in [0.2, 0.25) is 0 Å². The van der Waals surface area contributed by atoms with E-state index >= 15 is 0 Å². The first-order valence-corrected chi connectivity index (χ1v) is 6.74. The van der Waals surface area contributed by atoms with Crippen molar-refractivity contribution in [2.75, 3.05) is 6.54 Å². The van der Waals surface area contributed by atoms with Crippen LogP contribution in [0.25, 0.3) is 0 Å². The highest BCUT2D eigenvalue weighted by Crippen LogP contribution is 2.20. The SMILES string of the molecule is CCn1nc(C)cc1CNCC(O)CC(C)(C)C. The van der Waals surface area contributed by atoms with E-state index in [0.29, 0.717) is 6.54 Å². The number of hydrogen-bond donors (Lipinski definition) is 2. The fraction of sp³-hybridized carbons (Fsp3) is 0.786. The van der Waals surface area contributed by atoms with Crippen molar-refractivity contribution < 1.29 is 5.11 Å². The van der Waals surface area contributed by atoms with Crippen LogP contribution in [-0.4, -0.2) is 27.5 Å². The van der Waals surface area contributed by atoms with E-state index < -0.39 is 0 Å². The van der Waals surface area contributed by atoms with Crippen molar-refractivity contribution in [3.05, 3.63) is 17.5 Å². The van der Waals surface area contributed by atoms with Gasteiger partial charge in [0.1, 0.15) is 0 Å². The molecule has 0 spiro atoms. The van der Waals surface area contributed by atoms with Crippen molar-refractivity contribution in [2.24, 2.45) is 5.41 Å². The fourth-order valence-corrected chi connectivity index (χ4v) is 2.16. The van der Waals surface area contributed by atoms with Gasteiger partial charge >= 0.3 is 0 Å². The van der Waals surface area contributed by atoms with Gasteiger partial charge in [-0.3, -0.25) is 4.68 Å². The molecule has 0 aliphatic heterocycles. The van der Waals surface area contributed by atoms with Crippen LogP contribution in [0.1, 0.15) is 45.5 Å². The third-order valence-electron chi connectivity index (χ3n) is 2.82. The van der Waals surface area contributed by atoms with Crippen LogP contribution in [0.3, 0.4) is 0 Å². The molecule has 1 heterocycles. The highest BCUT2D eigenvalue weighted by atomic mass is 16.3. The van der Waals surface area contributed by atoms with Gasteiger partial charge in [-0.2, -0.15) is 5.10 Å². The summed E-state index contributed by atoms with van der Waals surface area (Å²) in [5.74, 6) is 0. The van der Waals surface area contributed by atoms with Crippen molar-refractivity contribution in [1.29, 1.82) is 0 Å². The Kier molecular flexibility index (Phi) is 5.35. The van der Waals surface area contributed by atoms with E-state index in [0.717, 1.165) is 25.2 Å². The third-order valence-corrected chi connectivity index (χ3v) is 2.82. The molecule has 4 nitrogen and oxygen atoms in total. The van der Waals surface area contributed by atoms with Crippen molar-refractivity contribution >= 4 is 0 Å². The average molecular weight is 253 g/mol. The molecule has 18 heavy (non-hydrogen) atoms. The fourth-order valence-electron chi connectivity index (χ4n) is 2.16. The number of aliphatic hydroxyl groups is 1. The predicted octanol–water partition coefficient (Wildman–Crippen LogP) is 2.10. The van der Waals surface area contributed by atoms with Crippen LogP contribution in [0.5, 0.6) is 0 Å². The van der Waals surface area contributed by atoms with Gasteiger partial charge in [-0.15, -0.1) is 0 Å². The summed E-state index contributed by atoms with van der Waals surface area (Å²) in [5, 5.41) is 17.6. The minimum Gasteiger partial charge on any atom is -0.392 e. The smallest absolute Gasteiger partial charge is 0.0669 e. The molecule has 2 N–H and O–H groups in total. The largest absolute Gasteiger partial charge is 0.392 e. The van der Waals surface area contributed by atoms with Gasteiger partial charge in [-0.1, -0.05) is 20.8 Å². The highest BCUT2D eigenvalue weighted by Gasteiger charge is 2.16. The summed E-state index contributed by atoms with van der Waals surface area (Å²) in [7, 11) is 0. The van der Waals surface area contributed by atoms with Crippen LogP contribution in [-0.2, 0) is 13.1 Å². The zero-order valence-electron chi connectivity index (χ0n) is 12.3. The predicted molar refractivity (Wildman–Crippen MR) is 74.4 cm³/mol. The van der Waals surface area contributed by atoms with E-state index in [1.807, 2.05) is 11.6 Å². The second-order valence-electron chi connectivity index (χ2n) is 6.14. The van der Waals surface area contributed by atoms with Gasteiger partial charge in [0.05, 0.1) is 17.5 Å². The summed E-state index contributed by atoms with van der Waals surface area (Å²) in [4.78, 5) is 0. The molecule has 0 amide bonds. The maximum atomic E-state index is 9.91. The lowest BCUT2D eigenvalue weighted by Gasteiger charge is -2.22. The molecule has 1 unspecified atom stereocenters. The molecule has 0 aliphatic rings. The van der Waals surface area contributed by atoms with Gasteiger partial charge in [0, 0.05) is 19.6 Å². The molecule has 0 saturated carbocycles. The van der Waals surface area contributed by atoms with E-state index in [-0.39, 0.29) is 11.5 Å². The van der Waals surface area contributed by atoms with Crippen molar-refractivity contribution in [2.45, 2.75) is 60.2 Å². The lowest BCUT2D eigenvalue weighted by Crippen LogP contribution is -2.30. The van der Waals surface area contributed by atoms with E-state index in [4.69, 9.17) is 0 Å². The van der Waals surface area contributed by atoms with Crippen molar-refractivity contribution in [1.82, 2.24) is 15.1 Å².